The lowest BCUT2D eigenvalue weighted by molar-refractivity contribution is 0.700. The van der Waals surface area contributed by atoms with Gasteiger partial charge in [0.05, 0.1) is 6.07 Å². The molecule has 0 radical (unpaired) electrons. The van der Waals surface area contributed by atoms with Crippen LogP contribution >= 0.6 is 46.4 Å². The second-order valence-electron chi connectivity index (χ2n) is 1.76. The summed E-state index contributed by atoms with van der Waals surface area (Å²) in [6.07, 6.45) is 0.293. The van der Waals surface area contributed by atoms with Crippen LogP contribution in [0.15, 0.2) is 0 Å². The van der Waals surface area contributed by atoms with Crippen LogP contribution in [0.2, 0.25) is 0 Å². The molecule has 1 atom stereocenters. The predicted molar refractivity (Wildman–Crippen MR) is 44.8 cm³/mol. The molecule has 0 fully saturated rings. The van der Waals surface area contributed by atoms with Gasteiger partial charge in [-0.1, -0.05) is 53.3 Å². The molecule has 0 bridgehead atoms. The summed E-state index contributed by atoms with van der Waals surface area (Å²) >= 11 is 21.9. The van der Waals surface area contributed by atoms with E-state index in [-0.39, 0.29) is 0 Å². The lowest BCUT2D eigenvalue weighted by Crippen LogP contribution is -2.34. The normalized spacial score (nSPS) is 17.6. The van der Waals surface area contributed by atoms with Gasteiger partial charge in [0.25, 0.3) is 0 Å². The van der Waals surface area contributed by atoms with Crippen molar-refractivity contribution in [1.29, 1.82) is 5.26 Å². The molecule has 0 N–H and O–H groups in total. The van der Waals surface area contributed by atoms with Crippen molar-refractivity contribution in [2.75, 3.05) is 0 Å². The number of hydrogen-bond acceptors (Lipinski definition) is 1. The first-order valence-electron chi connectivity index (χ1n) is 2.54. The minimum atomic E-state index is -1.72. The average Bonchev–Trinajstić information content (AvgIpc) is 1.84. The van der Waals surface area contributed by atoms with E-state index in [1.807, 2.05) is 0 Å². The van der Waals surface area contributed by atoms with Crippen molar-refractivity contribution in [2.45, 2.75) is 22.0 Å². The lowest BCUT2D eigenvalue weighted by Gasteiger charge is -2.24. The smallest absolute Gasteiger partial charge is 0.196 e. The van der Waals surface area contributed by atoms with Crippen LogP contribution in [-0.2, 0) is 0 Å². The third kappa shape index (κ3) is 2.07. The molecular formula is C5H5Cl4N. The lowest BCUT2D eigenvalue weighted by atomic mass is 10.1. The van der Waals surface area contributed by atoms with Gasteiger partial charge in [0.1, 0.15) is 0 Å². The van der Waals surface area contributed by atoms with Crippen LogP contribution in [0.25, 0.3) is 0 Å². The van der Waals surface area contributed by atoms with Crippen LogP contribution in [0.3, 0.4) is 0 Å². The van der Waals surface area contributed by atoms with Crippen molar-refractivity contribution in [2.24, 2.45) is 0 Å². The van der Waals surface area contributed by atoms with Crippen molar-refractivity contribution in [3.63, 3.8) is 0 Å². The summed E-state index contributed by atoms with van der Waals surface area (Å²) in [5, 5.41) is 8.49. The number of hydrogen-bond donors (Lipinski definition) is 0. The Morgan fingerprint density at radius 2 is 1.70 bits per heavy atom. The molecule has 0 spiro atoms. The Balaban J connectivity index is 4.54. The average molecular weight is 221 g/mol. The van der Waals surface area contributed by atoms with Gasteiger partial charge < -0.3 is 0 Å². The maximum atomic E-state index is 8.49. The number of halogens is 4. The molecule has 0 heterocycles. The standard InChI is InChI=1S/C5H5Cl4N/c1-2-4(6,3-10)5(7,8)9/h2H2,1H3. The van der Waals surface area contributed by atoms with Crippen molar-refractivity contribution in [3.8, 4) is 6.07 Å². The van der Waals surface area contributed by atoms with E-state index in [0.717, 1.165) is 0 Å². The van der Waals surface area contributed by atoms with Crippen molar-refractivity contribution < 1.29 is 0 Å². The van der Waals surface area contributed by atoms with Crippen LogP contribution < -0.4 is 0 Å². The molecule has 0 aliphatic heterocycles. The first kappa shape index (κ1) is 10.7. The van der Waals surface area contributed by atoms with Gasteiger partial charge in [-0.15, -0.1) is 0 Å². The van der Waals surface area contributed by atoms with Crippen LogP contribution in [0, 0.1) is 11.3 Å². The van der Waals surface area contributed by atoms with Gasteiger partial charge in [-0.2, -0.15) is 5.26 Å². The molecule has 0 aromatic rings. The quantitative estimate of drug-likeness (QED) is 0.623. The minimum absolute atomic E-state index is 0.293. The van der Waals surface area contributed by atoms with E-state index in [9.17, 15) is 0 Å². The Labute approximate surface area is 79.8 Å². The molecule has 0 rings (SSSR count). The van der Waals surface area contributed by atoms with E-state index in [4.69, 9.17) is 51.7 Å². The number of rotatable bonds is 1. The first-order valence-corrected chi connectivity index (χ1v) is 4.05. The van der Waals surface area contributed by atoms with Gasteiger partial charge in [0.15, 0.2) is 4.87 Å². The number of nitriles is 1. The fraction of sp³-hybridized carbons (Fsp3) is 0.800. The maximum absolute atomic E-state index is 8.49. The first-order chi connectivity index (χ1) is 4.37. The SMILES string of the molecule is CCC(Cl)(C#N)C(Cl)(Cl)Cl. The van der Waals surface area contributed by atoms with Crippen LogP contribution in [0.1, 0.15) is 13.3 Å². The van der Waals surface area contributed by atoms with Gasteiger partial charge in [0, 0.05) is 0 Å². The Kier molecular flexibility index (Phi) is 3.58. The molecule has 0 saturated heterocycles. The molecule has 1 nitrogen and oxygen atoms in total. The highest BCUT2D eigenvalue weighted by molar-refractivity contribution is 6.71. The highest BCUT2D eigenvalue weighted by Crippen LogP contribution is 2.44. The van der Waals surface area contributed by atoms with Crippen LogP contribution in [-0.4, -0.2) is 8.67 Å². The summed E-state index contributed by atoms with van der Waals surface area (Å²) in [5.41, 5.74) is 0. The van der Waals surface area contributed by atoms with Gasteiger partial charge in [0.2, 0.25) is 3.79 Å². The summed E-state index contributed by atoms with van der Waals surface area (Å²) in [4.78, 5) is -1.41. The molecule has 0 aromatic heterocycles. The summed E-state index contributed by atoms with van der Waals surface area (Å²) in [7, 11) is 0. The Bertz CT molecular complexity index is 156. The highest BCUT2D eigenvalue weighted by Gasteiger charge is 2.46. The molecule has 0 saturated carbocycles. The largest absolute Gasteiger partial charge is 0.222 e. The molecule has 0 amide bonds. The second-order valence-corrected chi connectivity index (χ2v) is 4.69. The van der Waals surface area contributed by atoms with Gasteiger partial charge in [-0.25, -0.2) is 0 Å². The van der Waals surface area contributed by atoms with Crippen molar-refractivity contribution in [3.05, 3.63) is 0 Å². The Hall–Kier alpha value is 0.650. The summed E-state index contributed by atoms with van der Waals surface area (Å²) < 4.78 is -1.72. The molecule has 0 aliphatic carbocycles. The molecule has 0 aliphatic rings. The van der Waals surface area contributed by atoms with Crippen LogP contribution in [0.5, 0.6) is 0 Å². The zero-order valence-corrected chi connectivity index (χ0v) is 8.19. The van der Waals surface area contributed by atoms with Gasteiger partial charge in [-0.05, 0) is 6.42 Å². The van der Waals surface area contributed by atoms with Gasteiger partial charge in [-0.3, -0.25) is 0 Å². The van der Waals surface area contributed by atoms with Crippen LogP contribution in [0.4, 0.5) is 0 Å². The van der Waals surface area contributed by atoms with E-state index < -0.39 is 8.67 Å². The fourth-order valence-electron chi connectivity index (χ4n) is 0.343. The van der Waals surface area contributed by atoms with Crippen molar-refractivity contribution >= 4 is 46.4 Å². The second kappa shape index (κ2) is 3.36. The topological polar surface area (TPSA) is 23.8 Å². The maximum Gasteiger partial charge on any atom is 0.222 e. The Morgan fingerprint density at radius 1 is 1.30 bits per heavy atom. The monoisotopic (exact) mass is 219 g/mol. The van der Waals surface area contributed by atoms with E-state index in [1.165, 1.54) is 0 Å². The fourth-order valence-corrected chi connectivity index (χ4v) is 0.871. The van der Waals surface area contributed by atoms with E-state index in [1.54, 1.807) is 13.0 Å². The summed E-state index contributed by atoms with van der Waals surface area (Å²) in [6, 6.07) is 1.74. The molecule has 10 heavy (non-hydrogen) atoms. The minimum Gasteiger partial charge on any atom is -0.196 e. The zero-order chi connectivity index (χ0) is 8.41. The van der Waals surface area contributed by atoms with Crippen molar-refractivity contribution in [1.82, 2.24) is 0 Å². The molecule has 58 valence electrons. The zero-order valence-electron chi connectivity index (χ0n) is 5.17. The highest BCUT2D eigenvalue weighted by atomic mass is 35.6. The molecule has 5 heteroatoms. The third-order valence-electron chi connectivity index (χ3n) is 1.11. The third-order valence-corrected chi connectivity index (χ3v) is 3.01. The Morgan fingerprint density at radius 3 is 1.70 bits per heavy atom. The summed E-state index contributed by atoms with van der Waals surface area (Å²) in [5.74, 6) is 0. The number of alkyl halides is 4. The summed E-state index contributed by atoms with van der Waals surface area (Å²) in [6.45, 7) is 1.68. The predicted octanol–water partition coefficient (Wildman–Crippen LogP) is 3.27. The van der Waals surface area contributed by atoms with E-state index >= 15 is 0 Å². The molecular weight excluding hydrogens is 216 g/mol. The van der Waals surface area contributed by atoms with Gasteiger partial charge >= 0.3 is 0 Å². The molecule has 0 aromatic carbocycles. The number of nitrogens with zero attached hydrogens (tertiary/aromatic N) is 1. The van der Waals surface area contributed by atoms with E-state index in [2.05, 4.69) is 0 Å². The molecule has 1 unspecified atom stereocenters. The van der Waals surface area contributed by atoms with E-state index in [0.29, 0.717) is 6.42 Å².